The summed E-state index contributed by atoms with van der Waals surface area (Å²) in [5, 5.41) is 11.3. The van der Waals surface area contributed by atoms with Crippen molar-refractivity contribution in [2.24, 2.45) is 0 Å². The maximum absolute atomic E-state index is 11.4. The number of carboxylic acids is 1. The molecular weight excluding hydrogens is 306 g/mol. The fourth-order valence-electron chi connectivity index (χ4n) is 1.28. The first-order valence-corrected chi connectivity index (χ1v) is 8.21. The standard InChI is InChI=1S/C12H15NO4.C3H6.2C2H6/c1-13-10(12(15)16)7-11(14)17-8-9-5-3-2-4-6-9;1-3-2;2*1-2/h2-6,10,13H,7-8H2,1H3,(H,15,16);3H,1H2,2H3;2*1-2H3. The second-order valence-corrected chi connectivity index (χ2v) is 3.94. The number of esters is 1. The van der Waals surface area contributed by atoms with Gasteiger partial charge in [-0.3, -0.25) is 9.59 Å². The van der Waals surface area contributed by atoms with Gasteiger partial charge in [-0.1, -0.05) is 64.1 Å². The summed E-state index contributed by atoms with van der Waals surface area (Å²) in [7, 11) is 1.49. The van der Waals surface area contributed by atoms with E-state index in [9.17, 15) is 9.59 Å². The first-order chi connectivity index (χ1) is 11.5. The van der Waals surface area contributed by atoms with Crippen molar-refractivity contribution < 1.29 is 19.4 Å². The van der Waals surface area contributed by atoms with E-state index in [4.69, 9.17) is 9.84 Å². The van der Waals surface area contributed by atoms with Crippen LogP contribution in [0.3, 0.4) is 0 Å². The van der Waals surface area contributed by atoms with Gasteiger partial charge < -0.3 is 15.2 Å². The number of carboxylic acid groups (broad SMARTS) is 1. The molecule has 0 fully saturated rings. The van der Waals surface area contributed by atoms with Crippen LogP contribution >= 0.6 is 0 Å². The molecule has 2 N–H and O–H groups in total. The van der Waals surface area contributed by atoms with Crippen LogP contribution in [0.5, 0.6) is 0 Å². The zero-order valence-electron chi connectivity index (χ0n) is 15.8. The summed E-state index contributed by atoms with van der Waals surface area (Å²) in [6.45, 7) is 13.4. The van der Waals surface area contributed by atoms with E-state index < -0.39 is 18.0 Å². The molecule has 1 atom stereocenters. The van der Waals surface area contributed by atoms with Gasteiger partial charge in [-0.05, 0) is 19.5 Å². The van der Waals surface area contributed by atoms with E-state index >= 15 is 0 Å². The van der Waals surface area contributed by atoms with Crippen molar-refractivity contribution in [3.05, 3.63) is 48.6 Å². The van der Waals surface area contributed by atoms with Gasteiger partial charge in [-0.25, -0.2) is 0 Å². The molecule has 0 aliphatic rings. The Morgan fingerprint density at radius 3 is 2.04 bits per heavy atom. The van der Waals surface area contributed by atoms with E-state index in [0.29, 0.717) is 0 Å². The van der Waals surface area contributed by atoms with Crippen LogP contribution in [0.15, 0.2) is 43.0 Å². The third kappa shape index (κ3) is 16.2. The zero-order chi connectivity index (χ0) is 19.4. The Morgan fingerprint density at radius 1 is 1.21 bits per heavy atom. The van der Waals surface area contributed by atoms with Gasteiger partial charge in [0, 0.05) is 0 Å². The molecule has 1 rings (SSSR count). The number of aliphatic carboxylic acids is 1. The smallest absolute Gasteiger partial charge is 0.321 e. The molecule has 138 valence electrons. The number of carbonyl (C=O) groups excluding carboxylic acids is 1. The quantitative estimate of drug-likeness (QED) is 0.604. The van der Waals surface area contributed by atoms with Crippen molar-refractivity contribution >= 4 is 11.9 Å². The number of likely N-dealkylation sites (N-methyl/N-ethyl adjacent to an activating group) is 1. The van der Waals surface area contributed by atoms with Crippen LogP contribution in [0.4, 0.5) is 0 Å². The van der Waals surface area contributed by atoms with Crippen molar-refractivity contribution in [2.45, 2.75) is 53.7 Å². The van der Waals surface area contributed by atoms with Gasteiger partial charge in [0.2, 0.25) is 0 Å². The minimum Gasteiger partial charge on any atom is -0.480 e. The predicted molar refractivity (Wildman–Crippen MR) is 99.9 cm³/mol. The summed E-state index contributed by atoms with van der Waals surface area (Å²) in [5.74, 6) is -1.60. The van der Waals surface area contributed by atoms with Crippen LogP contribution in [-0.2, 0) is 20.9 Å². The van der Waals surface area contributed by atoms with Crippen molar-refractivity contribution in [3.8, 4) is 0 Å². The molecular formula is C19H33NO4. The van der Waals surface area contributed by atoms with Crippen LogP contribution in [0, 0.1) is 0 Å². The zero-order valence-corrected chi connectivity index (χ0v) is 15.8. The monoisotopic (exact) mass is 339 g/mol. The summed E-state index contributed by atoms with van der Waals surface area (Å²) in [6, 6.07) is 8.32. The van der Waals surface area contributed by atoms with Crippen molar-refractivity contribution in [3.63, 3.8) is 0 Å². The average Bonchev–Trinajstić information content (AvgIpc) is 2.62. The minimum atomic E-state index is -1.07. The van der Waals surface area contributed by atoms with E-state index in [-0.39, 0.29) is 13.0 Å². The molecule has 0 aliphatic heterocycles. The maximum atomic E-state index is 11.4. The predicted octanol–water partition coefficient (Wildman–Crippen LogP) is 4.04. The van der Waals surface area contributed by atoms with Crippen molar-refractivity contribution in [1.29, 1.82) is 0 Å². The van der Waals surface area contributed by atoms with E-state index in [0.717, 1.165) is 5.56 Å². The highest BCUT2D eigenvalue weighted by Crippen LogP contribution is 2.03. The van der Waals surface area contributed by atoms with Gasteiger partial charge in [0.25, 0.3) is 0 Å². The number of ether oxygens (including phenoxy) is 1. The highest BCUT2D eigenvalue weighted by molar-refractivity contribution is 5.81. The molecule has 1 unspecified atom stereocenters. The van der Waals surface area contributed by atoms with Gasteiger partial charge in [-0.2, -0.15) is 0 Å². The topological polar surface area (TPSA) is 75.6 Å². The Morgan fingerprint density at radius 2 is 1.67 bits per heavy atom. The lowest BCUT2D eigenvalue weighted by Crippen LogP contribution is -2.36. The van der Waals surface area contributed by atoms with Crippen LogP contribution in [0.25, 0.3) is 0 Å². The molecule has 0 bridgehead atoms. The minimum absolute atomic E-state index is 0.162. The Kier molecular flexibility index (Phi) is 23.2. The lowest BCUT2D eigenvalue weighted by atomic mass is 10.2. The Bertz CT molecular complexity index is 419. The third-order valence-electron chi connectivity index (χ3n) is 2.26. The molecule has 0 radical (unpaired) electrons. The van der Waals surface area contributed by atoms with Crippen LogP contribution in [0.2, 0.25) is 0 Å². The molecule has 1 aromatic carbocycles. The number of allylic oxidation sites excluding steroid dienone is 1. The third-order valence-corrected chi connectivity index (χ3v) is 2.26. The summed E-state index contributed by atoms with van der Waals surface area (Å²) >= 11 is 0. The molecule has 1 aromatic rings. The molecule has 0 saturated heterocycles. The van der Waals surface area contributed by atoms with E-state index in [1.165, 1.54) is 7.05 Å². The second kappa shape index (κ2) is 20.9. The normalized spacial score (nSPS) is 9.42. The maximum Gasteiger partial charge on any atom is 0.321 e. The summed E-state index contributed by atoms with van der Waals surface area (Å²) in [5.41, 5.74) is 0.872. The molecule has 0 aliphatic carbocycles. The molecule has 5 heteroatoms. The first-order valence-electron chi connectivity index (χ1n) is 8.21. The van der Waals surface area contributed by atoms with E-state index in [1.54, 1.807) is 6.08 Å². The molecule has 0 heterocycles. The van der Waals surface area contributed by atoms with Crippen molar-refractivity contribution in [1.82, 2.24) is 5.32 Å². The fraction of sp³-hybridized carbons (Fsp3) is 0.474. The molecule has 5 nitrogen and oxygen atoms in total. The van der Waals surface area contributed by atoms with Gasteiger partial charge in [0.05, 0.1) is 6.42 Å². The number of nitrogens with one attached hydrogen (secondary N) is 1. The Labute approximate surface area is 146 Å². The SMILES string of the molecule is C=CC.CC.CC.CNC(CC(=O)OCc1ccccc1)C(=O)O. The van der Waals surface area contributed by atoms with Gasteiger partial charge in [0.1, 0.15) is 12.6 Å². The highest BCUT2D eigenvalue weighted by atomic mass is 16.5. The van der Waals surface area contributed by atoms with E-state index in [2.05, 4.69) is 11.9 Å². The Balaban J connectivity index is -0.000000549. The number of hydrogen-bond donors (Lipinski definition) is 2. The summed E-state index contributed by atoms with van der Waals surface area (Å²) < 4.78 is 4.97. The molecule has 0 aromatic heterocycles. The summed E-state index contributed by atoms with van der Waals surface area (Å²) in [6.07, 6.45) is 1.57. The number of benzene rings is 1. The molecule has 0 spiro atoms. The average molecular weight is 339 g/mol. The first kappa shape index (κ1) is 26.7. The van der Waals surface area contributed by atoms with E-state index in [1.807, 2.05) is 65.0 Å². The molecule has 0 saturated carbocycles. The van der Waals surface area contributed by atoms with Crippen LogP contribution in [0.1, 0.15) is 46.6 Å². The van der Waals surface area contributed by atoms with Crippen LogP contribution in [-0.4, -0.2) is 30.1 Å². The van der Waals surface area contributed by atoms with Crippen LogP contribution < -0.4 is 5.32 Å². The van der Waals surface area contributed by atoms with Gasteiger partial charge in [0.15, 0.2) is 0 Å². The Hall–Kier alpha value is -2.14. The fourth-order valence-corrected chi connectivity index (χ4v) is 1.28. The second-order valence-electron chi connectivity index (χ2n) is 3.94. The van der Waals surface area contributed by atoms with Crippen molar-refractivity contribution in [2.75, 3.05) is 7.05 Å². The molecule has 0 amide bonds. The van der Waals surface area contributed by atoms with Gasteiger partial charge >= 0.3 is 11.9 Å². The number of carbonyl (C=O) groups is 2. The van der Waals surface area contributed by atoms with Gasteiger partial charge in [-0.15, -0.1) is 6.58 Å². The molecule has 24 heavy (non-hydrogen) atoms. The largest absolute Gasteiger partial charge is 0.480 e. The lowest BCUT2D eigenvalue weighted by Gasteiger charge is -2.10. The number of hydrogen-bond acceptors (Lipinski definition) is 4. The highest BCUT2D eigenvalue weighted by Gasteiger charge is 2.19. The lowest BCUT2D eigenvalue weighted by molar-refractivity contribution is -0.150. The number of rotatable bonds is 6. The summed E-state index contributed by atoms with van der Waals surface area (Å²) in [4.78, 5) is 22.0.